The smallest absolute Gasteiger partial charge is 0.247 e. The molecule has 2 N–H and O–H groups in total. The number of carbonyl (C=O) groups is 1. The van der Waals surface area contributed by atoms with Crippen molar-refractivity contribution in [2.24, 2.45) is 0 Å². The maximum Gasteiger partial charge on any atom is 0.247 e. The van der Waals surface area contributed by atoms with Gasteiger partial charge in [-0.25, -0.2) is 4.98 Å². The molecular formula is C16H11Cl2FN4O2. The Hall–Kier alpha value is -2.64. The predicted molar refractivity (Wildman–Crippen MR) is 91.9 cm³/mol. The van der Waals surface area contributed by atoms with E-state index < -0.39 is 11.9 Å². The number of benzene rings is 1. The molecule has 2 aromatic heterocycles. The van der Waals surface area contributed by atoms with Gasteiger partial charge in [-0.3, -0.25) is 4.79 Å². The number of ether oxygens (including phenoxy) is 1. The Morgan fingerprint density at radius 1 is 1.28 bits per heavy atom. The van der Waals surface area contributed by atoms with E-state index in [0.717, 1.165) is 0 Å². The highest BCUT2D eigenvalue weighted by molar-refractivity contribution is 6.35. The molecule has 0 fully saturated rings. The molecular weight excluding hydrogens is 370 g/mol. The van der Waals surface area contributed by atoms with Crippen molar-refractivity contribution in [3.63, 3.8) is 0 Å². The highest BCUT2D eigenvalue weighted by Crippen LogP contribution is 2.27. The van der Waals surface area contributed by atoms with Gasteiger partial charge in [0.05, 0.1) is 23.3 Å². The van der Waals surface area contributed by atoms with Gasteiger partial charge in [0.15, 0.2) is 5.65 Å². The molecule has 0 aliphatic rings. The monoisotopic (exact) mass is 380 g/mol. The Balaban J connectivity index is 1.54. The van der Waals surface area contributed by atoms with E-state index in [1.165, 1.54) is 30.5 Å². The summed E-state index contributed by atoms with van der Waals surface area (Å²) in [6, 6.07) is 7.50. The minimum atomic E-state index is -0.615. The van der Waals surface area contributed by atoms with Crippen molar-refractivity contribution >= 4 is 40.3 Å². The van der Waals surface area contributed by atoms with E-state index >= 15 is 0 Å². The van der Waals surface area contributed by atoms with Crippen LogP contribution < -0.4 is 10.1 Å². The molecule has 0 atom stereocenters. The van der Waals surface area contributed by atoms with Gasteiger partial charge in [0, 0.05) is 11.1 Å². The maximum atomic E-state index is 13.0. The molecule has 0 radical (unpaired) electrons. The van der Waals surface area contributed by atoms with E-state index in [0.29, 0.717) is 27.1 Å². The molecule has 3 rings (SSSR count). The lowest BCUT2D eigenvalue weighted by atomic mass is 10.3. The van der Waals surface area contributed by atoms with Crippen LogP contribution >= 0.6 is 23.2 Å². The van der Waals surface area contributed by atoms with Crippen LogP contribution in [0.1, 0.15) is 5.82 Å². The lowest BCUT2D eigenvalue weighted by Gasteiger charge is -2.03. The van der Waals surface area contributed by atoms with Crippen LogP contribution in [0, 0.1) is 5.95 Å². The normalized spacial score (nSPS) is 11.2. The summed E-state index contributed by atoms with van der Waals surface area (Å²) in [7, 11) is 0. The predicted octanol–water partition coefficient (Wildman–Crippen LogP) is 3.61. The fourth-order valence-electron chi connectivity index (χ4n) is 1.97. The van der Waals surface area contributed by atoms with Crippen LogP contribution in [0.25, 0.3) is 11.2 Å². The van der Waals surface area contributed by atoms with Crippen molar-refractivity contribution in [3.8, 4) is 5.75 Å². The minimum absolute atomic E-state index is 0.128. The molecule has 0 saturated heterocycles. The largest absolute Gasteiger partial charge is 0.463 e. The average Bonchev–Trinajstić information content (AvgIpc) is 2.97. The number of nitrogens with one attached hydrogen (secondary N) is 2. The molecule has 0 bridgehead atoms. The Morgan fingerprint density at radius 2 is 2.12 bits per heavy atom. The minimum Gasteiger partial charge on any atom is -0.463 e. The van der Waals surface area contributed by atoms with Gasteiger partial charge in [-0.2, -0.15) is 9.37 Å². The van der Waals surface area contributed by atoms with Crippen LogP contribution in [0.2, 0.25) is 10.0 Å². The third-order valence-corrected chi connectivity index (χ3v) is 3.63. The number of rotatable bonds is 5. The van der Waals surface area contributed by atoms with Gasteiger partial charge in [-0.1, -0.05) is 23.2 Å². The number of halogens is 3. The molecule has 128 valence electrons. The molecule has 0 unspecified atom stereocenters. The van der Waals surface area contributed by atoms with Crippen LogP contribution in [-0.2, 0) is 11.3 Å². The van der Waals surface area contributed by atoms with Gasteiger partial charge in [0.1, 0.15) is 11.6 Å². The molecule has 6 nitrogen and oxygen atoms in total. The lowest BCUT2D eigenvalue weighted by molar-refractivity contribution is -0.116. The molecule has 0 saturated carbocycles. The molecule has 0 spiro atoms. The number of imidazole rings is 1. The fourth-order valence-corrected chi connectivity index (χ4v) is 2.43. The van der Waals surface area contributed by atoms with Gasteiger partial charge < -0.3 is 15.0 Å². The standard InChI is InChI=1S/C16H11Cl2FN4O2/c17-9-1-3-12(10(18)7-9)25-6-5-15(24)20-8-14-21-11-2-4-13(19)22-16(11)23-14/h1-7H,8H2,(H,20,24)(H,21,22,23)/b6-5+. The van der Waals surface area contributed by atoms with E-state index in [1.54, 1.807) is 12.1 Å². The summed E-state index contributed by atoms with van der Waals surface area (Å²) in [4.78, 5) is 22.4. The molecule has 0 aliphatic heterocycles. The first-order valence-corrected chi connectivity index (χ1v) is 7.84. The summed E-state index contributed by atoms with van der Waals surface area (Å²) in [6.07, 6.45) is 2.41. The van der Waals surface area contributed by atoms with Gasteiger partial charge in [-0.15, -0.1) is 0 Å². The first-order chi connectivity index (χ1) is 12.0. The summed E-state index contributed by atoms with van der Waals surface area (Å²) in [5, 5.41) is 3.43. The molecule has 3 aromatic rings. The number of hydrogen-bond donors (Lipinski definition) is 2. The summed E-state index contributed by atoms with van der Waals surface area (Å²) in [5.74, 6) is -0.183. The molecule has 25 heavy (non-hydrogen) atoms. The van der Waals surface area contributed by atoms with Gasteiger partial charge in [0.2, 0.25) is 11.9 Å². The van der Waals surface area contributed by atoms with Gasteiger partial charge >= 0.3 is 0 Å². The Bertz CT molecular complexity index is 958. The number of fused-ring (bicyclic) bond motifs is 1. The first kappa shape index (κ1) is 17.2. The third-order valence-electron chi connectivity index (χ3n) is 3.10. The molecule has 9 heteroatoms. The molecule has 1 amide bonds. The second kappa shape index (κ2) is 7.50. The van der Waals surface area contributed by atoms with Crippen LogP contribution in [0.3, 0.4) is 0 Å². The number of H-pyrrole nitrogens is 1. The third kappa shape index (κ3) is 4.46. The quantitative estimate of drug-likeness (QED) is 0.402. The zero-order valence-corrected chi connectivity index (χ0v) is 14.1. The van der Waals surface area contributed by atoms with Crippen molar-refractivity contribution in [1.82, 2.24) is 20.3 Å². The molecule has 0 aliphatic carbocycles. The van der Waals surface area contributed by atoms with E-state index in [1.807, 2.05) is 0 Å². The summed E-state index contributed by atoms with van der Waals surface area (Å²) >= 11 is 11.7. The Morgan fingerprint density at radius 3 is 2.92 bits per heavy atom. The fraction of sp³-hybridized carbons (Fsp3) is 0.0625. The summed E-state index contributed by atoms with van der Waals surface area (Å²) in [6.45, 7) is 0.128. The van der Waals surface area contributed by atoms with E-state index in [9.17, 15) is 9.18 Å². The maximum absolute atomic E-state index is 13.0. The number of pyridine rings is 1. The number of hydrogen-bond acceptors (Lipinski definition) is 4. The van der Waals surface area contributed by atoms with E-state index in [4.69, 9.17) is 27.9 Å². The highest BCUT2D eigenvalue weighted by Gasteiger charge is 2.06. The first-order valence-electron chi connectivity index (χ1n) is 7.08. The Kier molecular flexibility index (Phi) is 5.16. The van der Waals surface area contributed by atoms with Crippen molar-refractivity contribution in [1.29, 1.82) is 0 Å². The molecule has 2 heterocycles. The molecule has 1 aromatic carbocycles. The van der Waals surface area contributed by atoms with Crippen molar-refractivity contribution in [2.45, 2.75) is 6.54 Å². The van der Waals surface area contributed by atoms with Crippen molar-refractivity contribution in [3.05, 3.63) is 64.5 Å². The summed E-state index contributed by atoms with van der Waals surface area (Å²) in [5.41, 5.74) is 0.836. The number of nitrogens with zero attached hydrogens (tertiary/aromatic N) is 2. The second-order valence-corrected chi connectivity index (χ2v) is 5.75. The summed E-state index contributed by atoms with van der Waals surface area (Å²) < 4.78 is 18.3. The van der Waals surface area contributed by atoms with Gasteiger partial charge in [-0.05, 0) is 30.3 Å². The highest BCUT2D eigenvalue weighted by atomic mass is 35.5. The second-order valence-electron chi connectivity index (χ2n) is 4.90. The van der Waals surface area contributed by atoms with Crippen LogP contribution in [0.5, 0.6) is 5.75 Å². The van der Waals surface area contributed by atoms with Crippen molar-refractivity contribution < 1.29 is 13.9 Å². The van der Waals surface area contributed by atoms with Crippen molar-refractivity contribution in [2.75, 3.05) is 0 Å². The number of amides is 1. The number of aromatic nitrogens is 3. The number of carbonyl (C=O) groups excluding carboxylic acids is 1. The van der Waals surface area contributed by atoms with Crippen LogP contribution in [0.15, 0.2) is 42.7 Å². The van der Waals surface area contributed by atoms with E-state index in [2.05, 4.69) is 20.3 Å². The Labute approximate surface area is 151 Å². The average molecular weight is 381 g/mol. The van der Waals surface area contributed by atoms with E-state index in [-0.39, 0.29) is 12.2 Å². The topological polar surface area (TPSA) is 79.9 Å². The number of aromatic amines is 1. The SMILES string of the molecule is O=C(/C=C/Oc1ccc(Cl)cc1Cl)NCc1nc2nc(F)ccc2[nH]1. The van der Waals surface area contributed by atoms with Crippen LogP contribution in [0.4, 0.5) is 4.39 Å². The zero-order chi connectivity index (χ0) is 17.8. The van der Waals surface area contributed by atoms with Crippen LogP contribution in [-0.4, -0.2) is 20.9 Å². The lowest BCUT2D eigenvalue weighted by Crippen LogP contribution is -2.21. The zero-order valence-electron chi connectivity index (χ0n) is 12.6. The van der Waals surface area contributed by atoms with Gasteiger partial charge in [0.25, 0.3) is 0 Å².